The Hall–Kier alpha value is -2.73. The molecule has 3 aromatic rings. The molecule has 0 bridgehead atoms. The quantitative estimate of drug-likeness (QED) is 0.665. The monoisotopic (exact) mass is 385 g/mol. The average Bonchev–Trinajstić information content (AvgIpc) is 2.59. The number of aromatic nitrogens is 1. The number of carbonyl (C=O) groups is 1. The van der Waals surface area contributed by atoms with Gasteiger partial charge in [0.25, 0.3) is 5.91 Å². The number of benzene rings is 2. The summed E-state index contributed by atoms with van der Waals surface area (Å²) in [4.78, 5) is 16.4. The highest BCUT2D eigenvalue weighted by Gasteiger charge is 2.09. The maximum atomic E-state index is 13.6. The van der Waals surface area contributed by atoms with Crippen molar-refractivity contribution in [3.05, 3.63) is 82.7 Å². The Morgan fingerprint density at radius 2 is 1.67 bits per heavy atom. The van der Waals surface area contributed by atoms with Gasteiger partial charge in [0, 0.05) is 10.7 Å². The van der Waals surface area contributed by atoms with Crippen LogP contribution in [0.4, 0.5) is 21.6 Å². The molecule has 0 fully saturated rings. The first-order valence-electron chi connectivity index (χ1n) is 7.17. The van der Waals surface area contributed by atoms with Crippen molar-refractivity contribution in [2.75, 3.05) is 10.6 Å². The molecule has 24 heavy (non-hydrogen) atoms. The molecular weight excluding hydrogens is 373 g/mol. The van der Waals surface area contributed by atoms with Gasteiger partial charge in [-0.15, -0.1) is 0 Å². The largest absolute Gasteiger partial charge is 0.339 e. The Morgan fingerprint density at radius 3 is 2.33 bits per heavy atom. The average molecular weight is 386 g/mol. The molecule has 0 saturated carbocycles. The highest BCUT2D eigenvalue weighted by molar-refractivity contribution is 9.10. The van der Waals surface area contributed by atoms with Crippen molar-refractivity contribution < 1.29 is 9.18 Å². The Labute approximate surface area is 146 Å². The van der Waals surface area contributed by atoms with Gasteiger partial charge in [0.15, 0.2) is 0 Å². The maximum Gasteiger partial charge on any atom is 0.257 e. The maximum absolute atomic E-state index is 13.6. The zero-order valence-corrected chi connectivity index (χ0v) is 14.0. The first-order chi connectivity index (χ1) is 11.6. The molecule has 2 aromatic carbocycles. The van der Waals surface area contributed by atoms with E-state index in [1.807, 2.05) is 24.3 Å². The first-order valence-corrected chi connectivity index (χ1v) is 7.96. The van der Waals surface area contributed by atoms with E-state index in [1.165, 1.54) is 18.3 Å². The van der Waals surface area contributed by atoms with Gasteiger partial charge in [-0.25, -0.2) is 9.37 Å². The lowest BCUT2D eigenvalue weighted by Crippen LogP contribution is -2.13. The van der Waals surface area contributed by atoms with Crippen LogP contribution in [0.25, 0.3) is 0 Å². The number of nitrogens with one attached hydrogen (secondary N) is 2. The zero-order valence-electron chi connectivity index (χ0n) is 12.5. The second-order valence-electron chi connectivity index (χ2n) is 4.97. The third-order valence-electron chi connectivity index (χ3n) is 3.28. The Morgan fingerprint density at radius 1 is 0.958 bits per heavy atom. The van der Waals surface area contributed by atoms with E-state index in [9.17, 15) is 9.18 Å². The van der Waals surface area contributed by atoms with Gasteiger partial charge in [0.05, 0.1) is 16.9 Å². The molecule has 120 valence electrons. The van der Waals surface area contributed by atoms with Gasteiger partial charge in [0.1, 0.15) is 11.6 Å². The third kappa shape index (κ3) is 3.78. The Balaban J connectivity index is 1.71. The molecule has 1 aromatic heterocycles. The lowest BCUT2D eigenvalue weighted by molar-refractivity contribution is 0.102. The number of hydrogen-bond donors (Lipinski definition) is 2. The number of pyridine rings is 1. The van der Waals surface area contributed by atoms with Crippen LogP contribution in [0.2, 0.25) is 0 Å². The van der Waals surface area contributed by atoms with Crippen LogP contribution >= 0.6 is 15.9 Å². The van der Waals surface area contributed by atoms with Gasteiger partial charge in [0.2, 0.25) is 0 Å². The van der Waals surface area contributed by atoms with Gasteiger partial charge in [-0.2, -0.15) is 0 Å². The van der Waals surface area contributed by atoms with Gasteiger partial charge < -0.3 is 10.6 Å². The molecule has 2 N–H and O–H groups in total. The van der Waals surface area contributed by atoms with Crippen molar-refractivity contribution in [3.63, 3.8) is 0 Å². The second-order valence-corrected chi connectivity index (χ2v) is 5.83. The minimum absolute atomic E-state index is 0.137. The number of halogens is 2. The van der Waals surface area contributed by atoms with Crippen LogP contribution in [0.5, 0.6) is 0 Å². The number of amides is 1. The predicted molar refractivity (Wildman–Crippen MR) is 96.0 cm³/mol. The first kappa shape index (κ1) is 16.1. The van der Waals surface area contributed by atoms with Crippen LogP contribution in [-0.4, -0.2) is 10.9 Å². The number of carbonyl (C=O) groups excluding carboxylic acids is 1. The highest BCUT2D eigenvalue weighted by atomic mass is 79.9. The molecule has 0 spiro atoms. The topological polar surface area (TPSA) is 54.0 Å². The summed E-state index contributed by atoms with van der Waals surface area (Å²) in [5.74, 6) is -0.296. The summed E-state index contributed by atoms with van der Waals surface area (Å²) in [6.07, 6.45) is 1.44. The number of rotatable bonds is 4. The van der Waals surface area contributed by atoms with E-state index in [0.717, 1.165) is 10.2 Å². The van der Waals surface area contributed by atoms with E-state index in [-0.39, 0.29) is 5.69 Å². The van der Waals surface area contributed by atoms with Crippen molar-refractivity contribution in [2.45, 2.75) is 0 Å². The van der Waals surface area contributed by atoms with E-state index in [1.54, 1.807) is 24.3 Å². The summed E-state index contributed by atoms with van der Waals surface area (Å²) in [7, 11) is 0. The van der Waals surface area contributed by atoms with Gasteiger partial charge >= 0.3 is 0 Å². The standard InChI is InChI=1S/C18H13BrFN3O/c19-13-5-1-3-7-15(13)22-17-10-9-12(11-21-17)18(24)23-16-8-4-2-6-14(16)20/h1-11H,(H,21,22)(H,23,24). The molecule has 0 unspecified atom stereocenters. The summed E-state index contributed by atoms with van der Waals surface area (Å²) in [5.41, 5.74) is 1.35. The fraction of sp³-hybridized carbons (Fsp3) is 0. The van der Waals surface area contributed by atoms with Crippen LogP contribution in [0.15, 0.2) is 71.3 Å². The number of hydrogen-bond acceptors (Lipinski definition) is 3. The summed E-state index contributed by atoms with van der Waals surface area (Å²) < 4.78 is 14.5. The summed E-state index contributed by atoms with van der Waals surface area (Å²) in [6.45, 7) is 0. The van der Waals surface area contributed by atoms with Crippen LogP contribution in [0.1, 0.15) is 10.4 Å². The number of anilines is 3. The van der Waals surface area contributed by atoms with Crippen molar-refractivity contribution in [1.82, 2.24) is 4.98 Å². The van der Waals surface area contributed by atoms with Crippen LogP contribution < -0.4 is 10.6 Å². The number of nitrogens with zero attached hydrogens (tertiary/aromatic N) is 1. The van der Waals surface area contributed by atoms with E-state index in [4.69, 9.17) is 0 Å². The van der Waals surface area contributed by atoms with E-state index < -0.39 is 11.7 Å². The smallest absolute Gasteiger partial charge is 0.257 e. The van der Waals surface area contributed by atoms with Crippen LogP contribution in [0.3, 0.4) is 0 Å². The molecule has 1 heterocycles. The highest BCUT2D eigenvalue weighted by Crippen LogP contribution is 2.24. The van der Waals surface area contributed by atoms with Gasteiger partial charge in [-0.1, -0.05) is 24.3 Å². The van der Waals surface area contributed by atoms with Crippen molar-refractivity contribution in [1.29, 1.82) is 0 Å². The molecule has 6 heteroatoms. The summed E-state index contributed by atoms with van der Waals surface area (Å²) >= 11 is 3.45. The van der Waals surface area contributed by atoms with Crippen LogP contribution in [0, 0.1) is 5.82 Å². The summed E-state index contributed by atoms with van der Waals surface area (Å²) in [6, 6.07) is 17.0. The van der Waals surface area contributed by atoms with Crippen molar-refractivity contribution >= 4 is 39.0 Å². The van der Waals surface area contributed by atoms with Crippen molar-refractivity contribution in [2.24, 2.45) is 0 Å². The fourth-order valence-electron chi connectivity index (χ4n) is 2.06. The van der Waals surface area contributed by atoms with Crippen LogP contribution in [-0.2, 0) is 0 Å². The molecule has 0 atom stereocenters. The van der Waals surface area contributed by atoms with Crippen molar-refractivity contribution in [3.8, 4) is 0 Å². The third-order valence-corrected chi connectivity index (χ3v) is 3.98. The van der Waals surface area contributed by atoms with Gasteiger partial charge in [-0.3, -0.25) is 4.79 Å². The van der Waals surface area contributed by atoms with Gasteiger partial charge in [-0.05, 0) is 52.3 Å². The Kier molecular flexibility index (Phi) is 4.86. The molecule has 3 rings (SSSR count). The second kappa shape index (κ2) is 7.23. The molecule has 0 radical (unpaired) electrons. The summed E-state index contributed by atoms with van der Waals surface area (Å²) in [5, 5.41) is 5.67. The predicted octanol–water partition coefficient (Wildman–Crippen LogP) is 4.98. The lowest BCUT2D eigenvalue weighted by Gasteiger charge is -2.09. The normalized spacial score (nSPS) is 10.2. The zero-order chi connectivity index (χ0) is 16.9. The molecule has 4 nitrogen and oxygen atoms in total. The molecule has 0 saturated heterocycles. The molecule has 0 aliphatic rings. The minimum atomic E-state index is -0.481. The Bertz CT molecular complexity index is 868. The van der Waals surface area contributed by atoms with E-state index in [0.29, 0.717) is 11.4 Å². The van der Waals surface area contributed by atoms with E-state index >= 15 is 0 Å². The molecule has 0 aliphatic carbocycles. The minimum Gasteiger partial charge on any atom is -0.339 e. The fourth-order valence-corrected chi connectivity index (χ4v) is 2.44. The lowest BCUT2D eigenvalue weighted by atomic mass is 10.2. The van der Waals surface area contributed by atoms with E-state index in [2.05, 4.69) is 31.5 Å². The molecule has 0 aliphatic heterocycles. The SMILES string of the molecule is O=C(Nc1ccccc1F)c1ccc(Nc2ccccc2Br)nc1. The molecule has 1 amide bonds. The molecular formula is C18H13BrFN3O. The number of para-hydroxylation sites is 2.